The van der Waals surface area contributed by atoms with Gasteiger partial charge in [-0.1, -0.05) is 24.3 Å². The molecule has 0 saturated carbocycles. The van der Waals surface area contributed by atoms with Crippen LogP contribution in [0.15, 0.2) is 47.4 Å². The summed E-state index contributed by atoms with van der Waals surface area (Å²) in [5.41, 5.74) is 2.99. The van der Waals surface area contributed by atoms with Crippen molar-refractivity contribution in [3.05, 3.63) is 64.7 Å². The average molecular weight is 454 g/mol. The van der Waals surface area contributed by atoms with Crippen LogP contribution >= 0.6 is 11.8 Å². The maximum absolute atomic E-state index is 12.9. The summed E-state index contributed by atoms with van der Waals surface area (Å²) in [5, 5.41) is 4.99. The molecular weight excluding hydrogens is 430 g/mol. The topological polar surface area (TPSA) is 105 Å². The standard InChI is InChI=1S/C23H23N3O5S/c1-32-17-4-2-3-15(9-17)13-31-23(30)24-11-14-5-6-16-12-26(22(29)18(16)10-14)19-7-8-20(27)25-21(19)28/h2-6,9-10,19H,7-8,11-13H2,1H3,(H,24,30)(H,25,27,28). The Morgan fingerprint density at radius 3 is 2.81 bits per heavy atom. The van der Waals surface area contributed by atoms with Gasteiger partial charge in [-0.15, -0.1) is 11.8 Å². The highest BCUT2D eigenvalue weighted by molar-refractivity contribution is 7.98. The summed E-state index contributed by atoms with van der Waals surface area (Å²) in [5.74, 6) is -0.990. The molecule has 0 radical (unpaired) electrons. The first-order chi connectivity index (χ1) is 15.4. The minimum absolute atomic E-state index is 0.170. The van der Waals surface area contributed by atoms with Gasteiger partial charge >= 0.3 is 6.09 Å². The van der Waals surface area contributed by atoms with Gasteiger partial charge in [-0.05, 0) is 47.6 Å². The fraction of sp³-hybridized carbons (Fsp3) is 0.304. The molecular formula is C23H23N3O5S. The number of nitrogens with one attached hydrogen (secondary N) is 2. The molecule has 8 nitrogen and oxygen atoms in total. The van der Waals surface area contributed by atoms with Crippen LogP contribution in [0.5, 0.6) is 0 Å². The van der Waals surface area contributed by atoms with Gasteiger partial charge in [-0.2, -0.15) is 0 Å². The average Bonchev–Trinajstić information content (AvgIpc) is 3.12. The van der Waals surface area contributed by atoms with E-state index in [0.717, 1.165) is 21.6 Å². The molecule has 1 unspecified atom stereocenters. The molecule has 1 saturated heterocycles. The summed E-state index contributed by atoms with van der Waals surface area (Å²) in [6.07, 6.45) is 1.98. The lowest BCUT2D eigenvalue weighted by atomic mass is 10.0. The Kier molecular flexibility index (Phi) is 6.45. The number of ether oxygens (including phenoxy) is 1. The quantitative estimate of drug-likeness (QED) is 0.515. The van der Waals surface area contributed by atoms with E-state index in [1.807, 2.05) is 42.7 Å². The minimum Gasteiger partial charge on any atom is -0.445 e. The number of fused-ring (bicyclic) bond motifs is 1. The van der Waals surface area contributed by atoms with Gasteiger partial charge in [0.25, 0.3) is 5.91 Å². The Hall–Kier alpha value is -3.33. The summed E-state index contributed by atoms with van der Waals surface area (Å²) in [7, 11) is 0. The van der Waals surface area contributed by atoms with Crippen molar-refractivity contribution in [1.82, 2.24) is 15.5 Å². The van der Waals surface area contributed by atoms with Crippen molar-refractivity contribution in [1.29, 1.82) is 0 Å². The van der Waals surface area contributed by atoms with Crippen LogP contribution in [-0.2, 0) is 34.0 Å². The number of carbonyl (C=O) groups excluding carboxylic acids is 4. The molecule has 4 amide bonds. The second-order valence-electron chi connectivity index (χ2n) is 7.67. The first-order valence-corrected chi connectivity index (χ1v) is 11.5. The predicted octanol–water partition coefficient (Wildman–Crippen LogP) is 2.60. The molecule has 2 aliphatic heterocycles. The SMILES string of the molecule is CSc1cccc(COC(=O)NCc2ccc3c(c2)C(=O)N(C2CCC(=O)NC2=O)C3)c1. The van der Waals surface area contributed by atoms with Crippen LogP contribution in [0.25, 0.3) is 0 Å². The number of amides is 4. The molecule has 2 N–H and O–H groups in total. The minimum atomic E-state index is -0.645. The molecule has 2 aliphatic rings. The highest BCUT2D eigenvalue weighted by Crippen LogP contribution is 2.28. The fourth-order valence-electron chi connectivity index (χ4n) is 3.85. The number of hydrogen-bond acceptors (Lipinski definition) is 6. The third-order valence-electron chi connectivity index (χ3n) is 5.53. The number of carbonyl (C=O) groups is 4. The van der Waals surface area contributed by atoms with Gasteiger partial charge in [0, 0.05) is 30.0 Å². The van der Waals surface area contributed by atoms with Crippen molar-refractivity contribution >= 4 is 35.6 Å². The maximum Gasteiger partial charge on any atom is 0.407 e. The van der Waals surface area contributed by atoms with Crippen molar-refractivity contribution in [2.45, 2.75) is 43.5 Å². The smallest absolute Gasteiger partial charge is 0.407 e. The normalized spacial score (nSPS) is 17.7. The fourth-order valence-corrected chi connectivity index (χ4v) is 4.33. The monoisotopic (exact) mass is 453 g/mol. The highest BCUT2D eigenvalue weighted by atomic mass is 32.2. The molecule has 4 rings (SSSR count). The van der Waals surface area contributed by atoms with E-state index in [1.165, 1.54) is 4.90 Å². The van der Waals surface area contributed by atoms with Crippen molar-refractivity contribution < 1.29 is 23.9 Å². The summed E-state index contributed by atoms with van der Waals surface area (Å²) in [6, 6.07) is 12.5. The maximum atomic E-state index is 12.9. The van der Waals surface area contributed by atoms with E-state index < -0.39 is 18.0 Å². The zero-order valence-electron chi connectivity index (χ0n) is 17.6. The summed E-state index contributed by atoms with van der Waals surface area (Å²) in [4.78, 5) is 51.1. The predicted molar refractivity (Wildman–Crippen MR) is 118 cm³/mol. The van der Waals surface area contributed by atoms with E-state index in [1.54, 1.807) is 17.8 Å². The molecule has 0 aromatic heterocycles. The first kappa shape index (κ1) is 21.9. The van der Waals surface area contributed by atoms with Gasteiger partial charge in [-0.3, -0.25) is 19.7 Å². The van der Waals surface area contributed by atoms with Crippen molar-refractivity contribution in [3.63, 3.8) is 0 Å². The number of benzene rings is 2. The molecule has 166 valence electrons. The number of imide groups is 1. The molecule has 2 aromatic carbocycles. The molecule has 0 aliphatic carbocycles. The van der Waals surface area contributed by atoms with Crippen molar-refractivity contribution in [2.75, 3.05) is 6.26 Å². The molecule has 1 fully saturated rings. The number of thioether (sulfide) groups is 1. The van der Waals surface area contributed by atoms with Gasteiger partial charge < -0.3 is 15.0 Å². The van der Waals surface area contributed by atoms with E-state index in [2.05, 4.69) is 10.6 Å². The van der Waals surface area contributed by atoms with Gasteiger partial charge in [0.1, 0.15) is 12.6 Å². The zero-order chi connectivity index (χ0) is 22.7. The number of piperidine rings is 1. The van der Waals surface area contributed by atoms with Crippen molar-refractivity contribution in [3.8, 4) is 0 Å². The Bertz CT molecular complexity index is 1090. The Balaban J connectivity index is 1.33. The lowest BCUT2D eigenvalue weighted by Crippen LogP contribution is -2.52. The van der Waals surface area contributed by atoms with E-state index >= 15 is 0 Å². The van der Waals surface area contributed by atoms with Gasteiger partial charge in [0.15, 0.2) is 0 Å². The number of rotatable bonds is 6. The molecule has 1 atom stereocenters. The van der Waals surface area contributed by atoms with E-state index in [0.29, 0.717) is 18.5 Å². The number of alkyl carbamates (subject to hydrolysis) is 1. The highest BCUT2D eigenvalue weighted by Gasteiger charge is 2.39. The van der Waals surface area contributed by atoms with E-state index in [9.17, 15) is 19.2 Å². The van der Waals surface area contributed by atoms with Crippen LogP contribution in [0, 0.1) is 0 Å². The Morgan fingerprint density at radius 1 is 1.19 bits per heavy atom. The molecule has 0 spiro atoms. The van der Waals surface area contributed by atoms with Crippen LogP contribution in [0.4, 0.5) is 4.79 Å². The van der Waals surface area contributed by atoms with Gasteiger partial charge in [0.2, 0.25) is 11.8 Å². The van der Waals surface area contributed by atoms with E-state index in [-0.39, 0.29) is 31.4 Å². The third kappa shape index (κ3) is 4.77. The van der Waals surface area contributed by atoms with E-state index in [4.69, 9.17) is 4.74 Å². The summed E-state index contributed by atoms with van der Waals surface area (Å²) < 4.78 is 5.27. The van der Waals surface area contributed by atoms with Crippen LogP contribution in [0.2, 0.25) is 0 Å². The number of hydrogen-bond donors (Lipinski definition) is 2. The zero-order valence-corrected chi connectivity index (χ0v) is 18.4. The number of nitrogens with zero attached hydrogens (tertiary/aromatic N) is 1. The molecule has 2 heterocycles. The Labute approximate surface area is 189 Å². The van der Waals surface area contributed by atoms with Crippen LogP contribution in [0.1, 0.15) is 39.9 Å². The van der Waals surface area contributed by atoms with Gasteiger partial charge in [0.05, 0.1) is 0 Å². The molecule has 0 bridgehead atoms. The summed E-state index contributed by atoms with van der Waals surface area (Å²) in [6.45, 7) is 0.706. The second-order valence-corrected chi connectivity index (χ2v) is 8.55. The lowest BCUT2D eigenvalue weighted by Gasteiger charge is -2.29. The van der Waals surface area contributed by atoms with Crippen LogP contribution in [0.3, 0.4) is 0 Å². The van der Waals surface area contributed by atoms with Crippen LogP contribution < -0.4 is 10.6 Å². The third-order valence-corrected chi connectivity index (χ3v) is 6.26. The van der Waals surface area contributed by atoms with Gasteiger partial charge in [-0.25, -0.2) is 4.79 Å². The second kappa shape index (κ2) is 9.44. The lowest BCUT2D eigenvalue weighted by molar-refractivity contribution is -0.136. The molecule has 2 aromatic rings. The Morgan fingerprint density at radius 2 is 2.03 bits per heavy atom. The molecule has 9 heteroatoms. The molecule has 32 heavy (non-hydrogen) atoms. The first-order valence-electron chi connectivity index (χ1n) is 10.2. The summed E-state index contributed by atoms with van der Waals surface area (Å²) >= 11 is 1.62. The largest absolute Gasteiger partial charge is 0.445 e. The van der Waals surface area contributed by atoms with Crippen LogP contribution in [-0.4, -0.2) is 41.0 Å². The van der Waals surface area contributed by atoms with Crippen molar-refractivity contribution in [2.24, 2.45) is 0 Å².